The van der Waals surface area contributed by atoms with E-state index in [0.717, 1.165) is 16.7 Å². The lowest BCUT2D eigenvalue weighted by atomic mass is 10.5. The molecule has 1 aliphatic rings. The Morgan fingerprint density at radius 1 is 1.50 bits per heavy atom. The Balaban J connectivity index is 2.20. The van der Waals surface area contributed by atoms with Crippen LogP contribution in [0, 0.1) is 0 Å². The van der Waals surface area contributed by atoms with Gasteiger partial charge < -0.3 is 10.1 Å². The van der Waals surface area contributed by atoms with Crippen LogP contribution in [0.5, 0.6) is 0 Å². The predicted octanol–water partition coefficient (Wildman–Crippen LogP) is -0.165. The normalized spacial score (nSPS) is 14.8. The molecule has 1 aliphatic heterocycles. The summed E-state index contributed by atoms with van der Waals surface area (Å²) in [6.07, 6.45) is 0. The van der Waals surface area contributed by atoms with Gasteiger partial charge in [0, 0.05) is 13.1 Å². The molecule has 0 spiro atoms. The number of nitrogens with zero attached hydrogens (tertiary/aromatic N) is 1. The Kier molecular flexibility index (Phi) is 5.10. The van der Waals surface area contributed by atoms with Gasteiger partial charge in [0.1, 0.15) is 0 Å². The molecule has 0 bridgehead atoms. The number of amides is 3. The zero-order valence-electron chi connectivity index (χ0n) is 9.02. The average Bonchev–Trinajstić information content (AvgIpc) is 2.64. The quantitative estimate of drug-likeness (QED) is 0.682. The SMILES string of the molecule is CCOC(=O)CSCC(=O)N1CCNC1=O. The van der Waals surface area contributed by atoms with Gasteiger partial charge in [-0.1, -0.05) is 0 Å². The maximum atomic E-state index is 11.5. The lowest BCUT2D eigenvalue weighted by Crippen LogP contribution is -2.35. The number of imide groups is 1. The van der Waals surface area contributed by atoms with Gasteiger partial charge in [-0.2, -0.15) is 0 Å². The summed E-state index contributed by atoms with van der Waals surface area (Å²) in [6, 6.07) is -0.360. The summed E-state index contributed by atoms with van der Waals surface area (Å²) in [6.45, 7) is 2.95. The third-order valence-corrected chi connectivity index (χ3v) is 2.80. The largest absolute Gasteiger partial charge is 0.465 e. The standard InChI is InChI=1S/C9H14N2O4S/c1-2-15-8(13)6-16-5-7(12)11-4-3-10-9(11)14/h2-6H2,1H3,(H,10,14). The highest BCUT2D eigenvalue weighted by Crippen LogP contribution is 2.05. The number of nitrogens with one attached hydrogen (secondary N) is 1. The summed E-state index contributed by atoms with van der Waals surface area (Å²) in [4.78, 5) is 34.7. The summed E-state index contributed by atoms with van der Waals surface area (Å²) in [5.41, 5.74) is 0. The van der Waals surface area contributed by atoms with Gasteiger partial charge in [-0.25, -0.2) is 4.79 Å². The van der Waals surface area contributed by atoms with Crippen molar-refractivity contribution in [3.63, 3.8) is 0 Å². The number of hydrogen-bond acceptors (Lipinski definition) is 5. The summed E-state index contributed by atoms with van der Waals surface area (Å²) < 4.78 is 4.71. The molecule has 0 aromatic rings. The minimum atomic E-state index is -0.360. The fourth-order valence-electron chi connectivity index (χ4n) is 1.21. The van der Waals surface area contributed by atoms with E-state index in [1.807, 2.05) is 0 Å². The van der Waals surface area contributed by atoms with E-state index >= 15 is 0 Å². The number of carbonyl (C=O) groups excluding carboxylic acids is 3. The molecule has 0 aromatic carbocycles. The van der Waals surface area contributed by atoms with Gasteiger partial charge in [-0.3, -0.25) is 14.5 Å². The van der Waals surface area contributed by atoms with Crippen LogP contribution in [-0.4, -0.2) is 54.0 Å². The van der Waals surface area contributed by atoms with Crippen molar-refractivity contribution in [1.29, 1.82) is 0 Å². The van der Waals surface area contributed by atoms with E-state index in [9.17, 15) is 14.4 Å². The molecule has 1 N–H and O–H groups in total. The molecule has 0 aromatic heterocycles. The molecule has 1 saturated heterocycles. The molecule has 0 atom stereocenters. The van der Waals surface area contributed by atoms with E-state index in [1.165, 1.54) is 0 Å². The van der Waals surface area contributed by atoms with Gasteiger partial charge in [0.25, 0.3) is 0 Å². The van der Waals surface area contributed by atoms with Crippen molar-refractivity contribution in [2.24, 2.45) is 0 Å². The first kappa shape index (κ1) is 12.8. The van der Waals surface area contributed by atoms with E-state index in [-0.39, 0.29) is 29.4 Å². The van der Waals surface area contributed by atoms with Crippen molar-refractivity contribution in [3.05, 3.63) is 0 Å². The Bertz CT molecular complexity index is 295. The minimum absolute atomic E-state index is 0.117. The van der Waals surface area contributed by atoms with Crippen molar-refractivity contribution in [2.45, 2.75) is 6.92 Å². The fraction of sp³-hybridized carbons (Fsp3) is 0.667. The maximum absolute atomic E-state index is 11.5. The summed E-state index contributed by atoms with van der Waals surface area (Å²) in [7, 11) is 0. The van der Waals surface area contributed by atoms with Gasteiger partial charge >= 0.3 is 12.0 Å². The number of thioether (sulfide) groups is 1. The van der Waals surface area contributed by atoms with Gasteiger partial charge in [0.05, 0.1) is 18.1 Å². The summed E-state index contributed by atoms with van der Waals surface area (Å²) in [5, 5.41) is 2.54. The van der Waals surface area contributed by atoms with Crippen LogP contribution in [-0.2, 0) is 14.3 Å². The highest BCUT2D eigenvalue weighted by molar-refractivity contribution is 8.00. The molecular formula is C9H14N2O4S. The minimum Gasteiger partial charge on any atom is -0.465 e. The molecule has 1 fully saturated rings. The van der Waals surface area contributed by atoms with E-state index < -0.39 is 0 Å². The number of rotatable bonds is 5. The topological polar surface area (TPSA) is 75.7 Å². The van der Waals surface area contributed by atoms with E-state index in [0.29, 0.717) is 19.7 Å². The van der Waals surface area contributed by atoms with Crippen LogP contribution in [0.15, 0.2) is 0 Å². The second kappa shape index (κ2) is 6.37. The second-order valence-electron chi connectivity index (χ2n) is 3.08. The number of hydrogen-bond donors (Lipinski definition) is 1. The lowest BCUT2D eigenvalue weighted by Gasteiger charge is -2.11. The number of urea groups is 1. The monoisotopic (exact) mass is 246 g/mol. The molecule has 1 rings (SSSR count). The maximum Gasteiger partial charge on any atom is 0.324 e. The van der Waals surface area contributed by atoms with Gasteiger partial charge in [-0.05, 0) is 6.92 Å². The molecule has 0 aliphatic carbocycles. The van der Waals surface area contributed by atoms with Gasteiger partial charge in [0.15, 0.2) is 0 Å². The zero-order chi connectivity index (χ0) is 12.0. The first-order chi connectivity index (χ1) is 7.65. The third kappa shape index (κ3) is 3.73. The summed E-state index contributed by atoms with van der Waals surface area (Å²) >= 11 is 1.15. The Labute approximate surface area is 97.7 Å². The van der Waals surface area contributed by atoms with Gasteiger partial charge in [-0.15, -0.1) is 11.8 Å². The van der Waals surface area contributed by atoms with Crippen molar-refractivity contribution in [3.8, 4) is 0 Å². The van der Waals surface area contributed by atoms with Crippen LogP contribution in [0.1, 0.15) is 6.92 Å². The third-order valence-electron chi connectivity index (χ3n) is 1.91. The van der Waals surface area contributed by atoms with Gasteiger partial charge in [0.2, 0.25) is 5.91 Å². The fourth-order valence-corrected chi connectivity index (χ4v) is 1.89. The molecule has 90 valence electrons. The molecule has 16 heavy (non-hydrogen) atoms. The van der Waals surface area contributed by atoms with Crippen LogP contribution in [0.2, 0.25) is 0 Å². The highest BCUT2D eigenvalue weighted by atomic mass is 32.2. The van der Waals surface area contributed by atoms with Crippen molar-refractivity contribution in [1.82, 2.24) is 10.2 Å². The van der Waals surface area contributed by atoms with Crippen molar-refractivity contribution >= 4 is 29.7 Å². The van der Waals surface area contributed by atoms with Crippen LogP contribution < -0.4 is 5.32 Å². The molecule has 6 nitrogen and oxygen atoms in total. The summed E-state index contributed by atoms with van der Waals surface area (Å²) in [5.74, 6) is -0.364. The highest BCUT2D eigenvalue weighted by Gasteiger charge is 2.25. The first-order valence-corrected chi connectivity index (χ1v) is 6.12. The Morgan fingerprint density at radius 3 is 2.81 bits per heavy atom. The smallest absolute Gasteiger partial charge is 0.324 e. The number of carbonyl (C=O) groups is 3. The molecule has 7 heteroatoms. The molecule has 0 unspecified atom stereocenters. The molecule has 0 saturated carbocycles. The van der Waals surface area contributed by atoms with Crippen LogP contribution in [0.4, 0.5) is 4.79 Å². The van der Waals surface area contributed by atoms with Crippen molar-refractivity contribution in [2.75, 3.05) is 31.2 Å². The molecule has 0 radical (unpaired) electrons. The van der Waals surface area contributed by atoms with E-state index in [2.05, 4.69) is 5.32 Å². The Morgan fingerprint density at radius 2 is 2.25 bits per heavy atom. The van der Waals surface area contributed by atoms with Crippen molar-refractivity contribution < 1.29 is 19.1 Å². The zero-order valence-corrected chi connectivity index (χ0v) is 9.84. The number of esters is 1. The Hall–Kier alpha value is -1.24. The number of ether oxygens (including phenoxy) is 1. The molecule has 3 amide bonds. The molecule has 1 heterocycles. The second-order valence-corrected chi connectivity index (χ2v) is 4.06. The van der Waals surface area contributed by atoms with Crippen LogP contribution >= 0.6 is 11.8 Å². The first-order valence-electron chi connectivity index (χ1n) is 4.96. The van der Waals surface area contributed by atoms with Crippen LogP contribution in [0.25, 0.3) is 0 Å². The average molecular weight is 246 g/mol. The molecular weight excluding hydrogens is 232 g/mol. The van der Waals surface area contributed by atoms with E-state index in [4.69, 9.17) is 4.74 Å². The predicted molar refractivity (Wildman–Crippen MR) is 59.1 cm³/mol. The van der Waals surface area contributed by atoms with E-state index in [1.54, 1.807) is 6.92 Å². The van der Waals surface area contributed by atoms with Crippen LogP contribution in [0.3, 0.4) is 0 Å². The lowest BCUT2D eigenvalue weighted by molar-refractivity contribution is -0.139.